The fraction of sp³-hybridized carbons (Fsp3) is 0.217. The van der Waals surface area contributed by atoms with Crippen LogP contribution in [0.1, 0.15) is 16.7 Å². The second kappa shape index (κ2) is 7.67. The molecule has 0 aliphatic carbocycles. The molecule has 0 aromatic heterocycles. The summed E-state index contributed by atoms with van der Waals surface area (Å²) in [7, 11) is 0. The molecule has 1 atom stereocenters. The molecule has 0 saturated carbocycles. The van der Waals surface area contributed by atoms with Crippen molar-refractivity contribution >= 4 is 12.8 Å². The van der Waals surface area contributed by atoms with Gasteiger partial charge in [-0.2, -0.15) is 0 Å². The Morgan fingerprint density at radius 3 is 1.54 bits per heavy atom. The SMILES string of the molecule is SN1CCOCC1C(c1ccccc1)(c1ccccc1)c1ccccc1. The summed E-state index contributed by atoms with van der Waals surface area (Å²) in [5.41, 5.74) is 3.41. The summed E-state index contributed by atoms with van der Waals surface area (Å²) in [4.78, 5) is 0. The Morgan fingerprint density at radius 2 is 1.15 bits per heavy atom. The van der Waals surface area contributed by atoms with E-state index in [9.17, 15) is 0 Å². The highest BCUT2D eigenvalue weighted by molar-refractivity contribution is 7.77. The van der Waals surface area contributed by atoms with Crippen molar-refractivity contribution in [3.05, 3.63) is 108 Å². The van der Waals surface area contributed by atoms with E-state index in [1.807, 2.05) is 0 Å². The van der Waals surface area contributed by atoms with E-state index < -0.39 is 0 Å². The van der Waals surface area contributed by atoms with Gasteiger partial charge in [0.15, 0.2) is 0 Å². The van der Waals surface area contributed by atoms with Crippen molar-refractivity contribution < 1.29 is 4.74 Å². The van der Waals surface area contributed by atoms with Crippen molar-refractivity contribution in [3.8, 4) is 0 Å². The van der Waals surface area contributed by atoms with Gasteiger partial charge < -0.3 is 4.74 Å². The zero-order valence-corrected chi connectivity index (χ0v) is 15.6. The molecule has 26 heavy (non-hydrogen) atoms. The number of hydrogen-bond acceptors (Lipinski definition) is 3. The van der Waals surface area contributed by atoms with Crippen LogP contribution in [-0.2, 0) is 10.2 Å². The summed E-state index contributed by atoms with van der Waals surface area (Å²) in [5, 5.41) is 0. The van der Waals surface area contributed by atoms with E-state index in [0.717, 1.165) is 6.54 Å². The van der Waals surface area contributed by atoms with Gasteiger partial charge in [0, 0.05) is 6.54 Å². The molecule has 4 rings (SSSR count). The number of nitrogens with zero attached hydrogens (tertiary/aromatic N) is 1. The van der Waals surface area contributed by atoms with Gasteiger partial charge in [-0.3, -0.25) is 0 Å². The normalized spacial score (nSPS) is 18.6. The summed E-state index contributed by atoms with van der Waals surface area (Å²) in [6.07, 6.45) is 0. The maximum absolute atomic E-state index is 5.93. The first-order valence-electron chi connectivity index (χ1n) is 9.03. The molecule has 1 aliphatic heterocycles. The number of benzene rings is 3. The second-order valence-corrected chi connectivity index (χ2v) is 7.17. The van der Waals surface area contributed by atoms with Crippen LogP contribution in [0.2, 0.25) is 0 Å². The zero-order valence-electron chi connectivity index (χ0n) is 14.7. The van der Waals surface area contributed by atoms with Crippen LogP contribution in [0.5, 0.6) is 0 Å². The van der Waals surface area contributed by atoms with Crippen molar-refractivity contribution in [2.45, 2.75) is 11.5 Å². The van der Waals surface area contributed by atoms with Crippen molar-refractivity contribution in [2.75, 3.05) is 19.8 Å². The number of rotatable bonds is 4. The largest absolute Gasteiger partial charge is 0.378 e. The van der Waals surface area contributed by atoms with Crippen molar-refractivity contribution in [1.82, 2.24) is 4.31 Å². The summed E-state index contributed by atoms with van der Waals surface area (Å²) >= 11 is 4.85. The highest BCUT2D eigenvalue weighted by atomic mass is 32.1. The first-order valence-corrected chi connectivity index (χ1v) is 9.43. The van der Waals surface area contributed by atoms with Crippen molar-refractivity contribution in [3.63, 3.8) is 0 Å². The topological polar surface area (TPSA) is 12.5 Å². The molecular formula is C23H23NOS. The van der Waals surface area contributed by atoms with E-state index >= 15 is 0 Å². The monoisotopic (exact) mass is 361 g/mol. The predicted octanol–water partition coefficient (Wildman–Crippen LogP) is 4.57. The van der Waals surface area contributed by atoms with Gasteiger partial charge in [-0.15, -0.1) is 0 Å². The molecule has 0 amide bonds. The van der Waals surface area contributed by atoms with Crippen molar-refractivity contribution in [1.29, 1.82) is 0 Å². The minimum atomic E-state index is -0.355. The van der Waals surface area contributed by atoms with E-state index in [1.54, 1.807) is 0 Å². The quantitative estimate of drug-likeness (QED) is 0.540. The van der Waals surface area contributed by atoms with E-state index in [-0.39, 0.29) is 11.5 Å². The van der Waals surface area contributed by atoms with Crippen LogP contribution >= 0.6 is 12.8 Å². The summed E-state index contributed by atoms with van der Waals surface area (Å²) in [6.45, 7) is 2.17. The van der Waals surface area contributed by atoms with E-state index in [2.05, 4.69) is 95.3 Å². The zero-order chi connectivity index (χ0) is 17.8. The standard InChI is InChI=1S/C23H23NOS/c26-24-16-17-25-18-22(24)23(19-10-4-1-5-11-19,20-12-6-2-7-13-20)21-14-8-3-9-15-21/h1-15,22,26H,16-18H2. The lowest BCUT2D eigenvalue weighted by Crippen LogP contribution is -2.54. The lowest BCUT2D eigenvalue weighted by atomic mass is 9.64. The third-order valence-corrected chi connectivity index (χ3v) is 5.77. The smallest absolute Gasteiger partial charge is 0.0647 e. The van der Waals surface area contributed by atoms with Crippen molar-refractivity contribution in [2.24, 2.45) is 0 Å². The minimum absolute atomic E-state index is 0.0896. The average Bonchev–Trinajstić information content (AvgIpc) is 2.72. The van der Waals surface area contributed by atoms with Crippen LogP contribution in [0.4, 0.5) is 0 Å². The van der Waals surface area contributed by atoms with Crippen LogP contribution in [0.15, 0.2) is 91.0 Å². The van der Waals surface area contributed by atoms with Gasteiger partial charge in [-0.25, -0.2) is 4.31 Å². The fourth-order valence-corrected chi connectivity index (χ4v) is 4.45. The molecule has 1 heterocycles. The summed E-state index contributed by atoms with van der Waals surface area (Å²) < 4.78 is 8.08. The lowest BCUT2D eigenvalue weighted by molar-refractivity contribution is 0.0204. The van der Waals surface area contributed by atoms with Gasteiger partial charge >= 0.3 is 0 Å². The third kappa shape index (κ3) is 2.96. The van der Waals surface area contributed by atoms with E-state index in [4.69, 9.17) is 17.6 Å². The second-order valence-electron chi connectivity index (χ2n) is 6.66. The molecule has 1 aliphatic rings. The number of thiol groups is 1. The van der Waals surface area contributed by atoms with E-state index in [1.165, 1.54) is 16.7 Å². The molecule has 0 radical (unpaired) electrons. The number of morpholine rings is 1. The fourth-order valence-electron chi connectivity index (χ4n) is 4.12. The molecule has 0 bridgehead atoms. The maximum Gasteiger partial charge on any atom is 0.0647 e. The molecule has 3 heteroatoms. The van der Waals surface area contributed by atoms with Gasteiger partial charge in [0.05, 0.1) is 24.7 Å². The highest BCUT2D eigenvalue weighted by Crippen LogP contribution is 2.45. The lowest BCUT2D eigenvalue weighted by Gasteiger charge is -2.47. The molecule has 132 valence electrons. The third-order valence-electron chi connectivity index (χ3n) is 5.29. The van der Waals surface area contributed by atoms with Crippen LogP contribution < -0.4 is 0 Å². The first-order chi connectivity index (χ1) is 12.8. The van der Waals surface area contributed by atoms with E-state index in [0.29, 0.717) is 13.2 Å². The molecule has 1 fully saturated rings. The molecule has 1 unspecified atom stereocenters. The number of ether oxygens (including phenoxy) is 1. The molecular weight excluding hydrogens is 338 g/mol. The van der Waals surface area contributed by atoms with Gasteiger partial charge in [0.1, 0.15) is 0 Å². The molecule has 0 spiro atoms. The molecule has 0 N–H and O–H groups in total. The first kappa shape index (κ1) is 17.3. The Labute approximate surface area is 161 Å². The molecule has 3 aromatic rings. The van der Waals surface area contributed by atoms with Gasteiger partial charge in [0.2, 0.25) is 0 Å². The minimum Gasteiger partial charge on any atom is -0.378 e. The maximum atomic E-state index is 5.93. The van der Waals surface area contributed by atoms with Gasteiger partial charge in [-0.1, -0.05) is 104 Å². The molecule has 2 nitrogen and oxygen atoms in total. The molecule has 3 aromatic carbocycles. The Kier molecular flexibility index (Phi) is 5.11. The highest BCUT2D eigenvalue weighted by Gasteiger charge is 2.47. The van der Waals surface area contributed by atoms with Crippen LogP contribution in [0, 0.1) is 0 Å². The number of hydrogen-bond donors (Lipinski definition) is 1. The summed E-state index contributed by atoms with van der Waals surface area (Å²) in [5.74, 6) is 0. The Bertz CT molecular complexity index is 726. The Balaban J connectivity index is 2.03. The van der Waals surface area contributed by atoms with Gasteiger partial charge in [-0.05, 0) is 16.7 Å². The van der Waals surface area contributed by atoms with Crippen LogP contribution in [0.25, 0.3) is 0 Å². The summed E-state index contributed by atoms with van der Waals surface area (Å²) in [6, 6.07) is 32.3. The molecule has 1 saturated heterocycles. The Morgan fingerprint density at radius 1 is 0.731 bits per heavy atom. The van der Waals surface area contributed by atoms with Crippen LogP contribution in [0.3, 0.4) is 0 Å². The predicted molar refractivity (Wildman–Crippen MR) is 110 cm³/mol. The van der Waals surface area contributed by atoms with Crippen LogP contribution in [-0.4, -0.2) is 30.1 Å². The Hall–Kier alpha value is -2.07. The van der Waals surface area contributed by atoms with Gasteiger partial charge in [0.25, 0.3) is 0 Å². The average molecular weight is 362 g/mol.